The Balaban J connectivity index is 2.62. The molecule has 0 aliphatic heterocycles. The summed E-state index contributed by atoms with van der Waals surface area (Å²) >= 11 is 3.31. The summed E-state index contributed by atoms with van der Waals surface area (Å²) in [5.74, 6) is 0.157. The zero-order chi connectivity index (χ0) is 17.5. The van der Waals surface area contributed by atoms with Crippen molar-refractivity contribution in [3.8, 4) is 5.75 Å². The average Bonchev–Trinajstić information content (AvgIpc) is 2.44. The predicted molar refractivity (Wildman–Crippen MR) is 88.4 cm³/mol. The van der Waals surface area contributed by atoms with E-state index in [-0.39, 0.29) is 5.75 Å². The molecule has 2 aromatic rings. The molecule has 1 heterocycles. The molecule has 0 unspecified atom stereocenters. The van der Waals surface area contributed by atoms with Gasteiger partial charge in [0.05, 0.1) is 0 Å². The highest BCUT2D eigenvalue weighted by atomic mass is 79.9. The molecule has 0 saturated carbocycles. The number of nitrogens with zero attached hydrogens (tertiary/aromatic N) is 2. The lowest BCUT2D eigenvalue weighted by Gasteiger charge is -2.13. The number of hydrogen-bond donors (Lipinski definition) is 0. The van der Waals surface area contributed by atoms with Crippen molar-refractivity contribution in [3.05, 3.63) is 54.8 Å². The van der Waals surface area contributed by atoms with Crippen LogP contribution in [0.15, 0.2) is 37.3 Å². The smallest absolute Gasteiger partial charge is 0.346 e. The zero-order valence-corrected chi connectivity index (χ0v) is 15.4. The zero-order valence-electron chi connectivity index (χ0n) is 13.0. The van der Waals surface area contributed by atoms with Gasteiger partial charge in [-0.2, -0.15) is 8.42 Å². The molecule has 1 aromatic heterocycles. The molecule has 0 radical (unpaired) electrons. The van der Waals surface area contributed by atoms with E-state index in [1.807, 2.05) is 0 Å². The molecule has 0 spiro atoms. The van der Waals surface area contributed by atoms with E-state index in [4.69, 9.17) is 4.18 Å². The molecular formula is C14H15BrN2O5S. The van der Waals surface area contributed by atoms with E-state index < -0.39 is 26.3 Å². The first-order chi connectivity index (χ1) is 10.5. The van der Waals surface area contributed by atoms with E-state index in [0.29, 0.717) is 11.1 Å². The summed E-state index contributed by atoms with van der Waals surface area (Å²) in [4.78, 5) is 23.1. The quantitative estimate of drug-likeness (QED) is 0.720. The van der Waals surface area contributed by atoms with Gasteiger partial charge >= 0.3 is 15.8 Å². The van der Waals surface area contributed by atoms with Gasteiger partial charge in [0.1, 0.15) is 5.75 Å². The second kappa shape index (κ2) is 5.97. The number of aromatic nitrogens is 2. The topological polar surface area (TPSA) is 87.4 Å². The van der Waals surface area contributed by atoms with Crippen molar-refractivity contribution >= 4 is 26.0 Å². The van der Waals surface area contributed by atoms with Gasteiger partial charge in [-0.15, -0.1) is 0 Å². The van der Waals surface area contributed by atoms with E-state index in [1.165, 1.54) is 14.1 Å². The van der Waals surface area contributed by atoms with E-state index in [1.54, 1.807) is 26.0 Å². The van der Waals surface area contributed by atoms with E-state index in [2.05, 4.69) is 15.9 Å². The van der Waals surface area contributed by atoms with Gasteiger partial charge in [-0.1, -0.05) is 15.9 Å². The van der Waals surface area contributed by atoms with Crippen LogP contribution in [-0.4, -0.2) is 17.6 Å². The lowest BCUT2D eigenvalue weighted by atomic mass is 10.1. The lowest BCUT2D eigenvalue weighted by Crippen LogP contribution is -2.39. The Morgan fingerprint density at radius 2 is 1.61 bits per heavy atom. The highest BCUT2D eigenvalue weighted by Gasteiger charge is 2.25. The normalized spacial score (nSPS) is 11.5. The molecule has 0 amide bonds. The van der Waals surface area contributed by atoms with E-state index in [0.717, 1.165) is 19.8 Å². The van der Waals surface area contributed by atoms with Crippen LogP contribution in [0.25, 0.3) is 0 Å². The Bertz CT molecular complexity index is 982. The Kier molecular flexibility index (Phi) is 4.54. The van der Waals surface area contributed by atoms with Gasteiger partial charge < -0.3 is 8.75 Å². The number of halogens is 1. The van der Waals surface area contributed by atoms with Gasteiger partial charge in [0.25, 0.3) is 5.56 Å². The molecular weight excluding hydrogens is 388 g/mol. The van der Waals surface area contributed by atoms with Crippen molar-refractivity contribution in [1.82, 2.24) is 9.13 Å². The highest BCUT2D eigenvalue weighted by molar-refractivity contribution is 9.10. The minimum absolute atomic E-state index is 0.157. The van der Waals surface area contributed by atoms with Crippen molar-refractivity contribution in [2.24, 2.45) is 14.1 Å². The van der Waals surface area contributed by atoms with Crippen LogP contribution in [0.4, 0.5) is 0 Å². The summed E-state index contributed by atoms with van der Waals surface area (Å²) in [7, 11) is -1.81. The Morgan fingerprint density at radius 3 is 2.13 bits per heavy atom. The number of benzene rings is 1. The molecule has 0 aliphatic carbocycles. The third-order valence-electron chi connectivity index (χ3n) is 3.30. The first-order valence-corrected chi connectivity index (χ1v) is 8.72. The Morgan fingerprint density at radius 1 is 1.09 bits per heavy atom. The van der Waals surface area contributed by atoms with Crippen molar-refractivity contribution in [2.45, 2.75) is 18.7 Å². The third-order valence-corrected chi connectivity index (χ3v) is 4.97. The largest absolute Gasteiger partial charge is 0.378 e. The molecule has 0 fully saturated rings. The van der Waals surface area contributed by atoms with Gasteiger partial charge in [-0.3, -0.25) is 9.36 Å². The fourth-order valence-corrected chi connectivity index (χ4v) is 4.03. The Labute approximate surface area is 141 Å². The molecule has 9 heteroatoms. The third kappa shape index (κ3) is 3.25. The second-order valence-electron chi connectivity index (χ2n) is 5.16. The van der Waals surface area contributed by atoms with Crippen LogP contribution in [0.3, 0.4) is 0 Å². The predicted octanol–water partition coefficient (Wildman–Crippen LogP) is 1.23. The van der Waals surface area contributed by atoms with Gasteiger partial charge in [-0.25, -0.2) is 4.79 Å². The van der Waals surface area contributed by atoms with Crippen LogP contribution in [0.2, 0.25) is 0 Å². The SMILES string of the molecule is Cc1cc(Br)cc(C)c1OS(=O)(=O)c1cn(C)c(=O)n(C)c1=O. The first-order valence-electron chi connectivity index (χ1n) is 6.52. The second-order valence-corrected chi connectivity index (χ2v) is 7.59. The fourth-order valence-electron chi connectivity index (χ4n) is 2.13. The van der Waals surface area contributed by atoms with E-state index >= 15 is 0 Å². The molecule has 2 rings (SSSR count). The molecule has 0 atom stereocenters. The van der Waals surface area contributed by atoms with Crippen LogP contribution < -0.4 is 15.4 Å². The highest BCUT2D eigenvalue weighted by Crippen LogP contribution is 2.29. The van der Waals surface area contributed by atoms with Crippen LogP contribution in [0, 0.1) is 13.8 Å². The minimum Gasteiger partial charge on any atom is -0.378 e. The summed E-state index contributed by atoms with van der Waals surface area (Å²) in [6.07, 6.45) is 0.962. The minimum atomic E-state index is -4.37. The summed E-state index contributed by atoms with van der Waals surface area (Å²) in [6, 6.07) is 3.41. The maximum atomic E-state index is 12.5. The number of hydrogen-bond acceptors (Lipinski definition) is 5. The molecule has 0 saturated heterocycles. The molecule has 23 heavy (non-hydrogen) atoms. The van der Waals surface area contributed by atoms with Gasteiger partial charge in [0.2, 0.25) is 0 Å². The van der Waals surface area contributed by atoms with Gasteiger partial charge in [0.15, 0.2) is 4.90 Å². The summed E-state index contributed by atoms with van der Waals surface area (Å²) < 4.78 is 32.6. The van der Waals surface area contributed by atoms with Crippen LogP contribution >= 0.6 is 15.9 Å². The number of rotatable bonds is 3. The Hall–Kier alpha value is -1.87. The maximum absolute atomic E-state index is 12.5. The van der Waals surface area contributed by atoms with E-state index in [9.17, 15) is 18.0 Å². The molecule has 0 bridgehead atoms. The van der Waals surface area contributed by atoms with Gasteiger partial charge in [0, 0.05) is 24.8 Å². The van der Waals surface area contributed by atoms with Crippen molar-refractivity contribution in [3.63, 3.8) is 0 Å². The molecule has 1 aromatic carbocycles. The summed E-state index contributed by atoms with van der Waals surface area (Å²) in [6.45, 7) is 3.39. The first kappa shape index (κ1) is 17.5. The fraction of sp³-hybridized carbons (Fsp3) is 0.286. The standard InChI is InChI=1S/C14H15BrN2O5S/c1-8-5-10(15)6-9(2)12(8)22-23(20,21)11-7-16(3)14(19)17(4)13(11)18/h5-7H,1-4H3. The molecule has 0 N–H and O–H groups in total. The van der Waals surface area contributed by atoms with Crippen LogP contribution in [-0.2, 0) is 24.2 Å². The summed E-state index contributed by atoms with van der Waals surface area (Å²) in [5, 5.41) is 0. The number of aryl methyl sites for hydroxylation is 3. The van der Waals surface area contributed by atoms with Crippen molar-refractivity contribution < 1.29 is 12.6 Å². The maximum Gasteiger partial charge on any atom is 0.346 e. The van der Waals surface area contributed by atoms with Gasteiger partial charge in [-0.05, 0) is 37.1 Å². The average molecular weight is 403 g/mol. The molecule has 124 valence electrons. The van der Waals surface area contributed by atoms with Crippen LogP contribution in [0.1, 0.15) is 11.1 Å². The summed E-state index contributed by atoms with van der Waals surface area (Å²) in [5.41, 5.74) is -0.352. The lowest BCUT2D eigenvalue weighted by molar-refractivity contribution is 0.476. The molecule has 7 nitrogen and oxygen atoms in total. The van der Waals surface area contributed by atoms with Crippen LogP contribution in [0.5, 0.6) is 5.75 Å². The van der Waals surface area contributed by atoms with Crippen molar-refractivity contribution in [1.29, 1.82) is 0 Å². The van der Waals surface area contributed by atoms with Crippen molar-refractivity contribution in [2.75, 3.05) is 0 Å². The molecule has 0 aliphatic rings. The monoisotopic (exact) mass is 402 g/mol.